The van der Waals surface area contributed by atoms with Gasteiger partial charge in [0.15, 0.2) is 0 Å². The minimum Gasteiger partial charge on any atom is -0.350 e. The van der Waals surface area contributed by atoms with Crippen LogP contribution in [0.1, 0.15) is 16.7 Å². The van der Waals surface area contributed by atoms with Crippen molar-refractivity contribution in [1.29, 1.82) is 0 Å². The van der Waals surface area contributed by atoms with Crippen LogP contribution in [0.15, 0.2) is 36.7 Å². The standard InChI is InChI=1S/C14H17N3O2/c1-11-13(3-2-4-14(11)17(18)19)10-16-8-6-12(9-16)5-7-15/h2-4,6,8-9H,5,7,10,15H2,1H3. The van der Waals surface area contributed by atoms with E-state index in [9.17, 15) is 10.1 Å². The summed E-state index contributed by atoms with van der Waals surface area (Å²) in [6, 6.07) is 7.21. The van der Waals surface area contributed by atoms with Crippen LogP contribution >= 0.6 is 0 Å². The highest BCUT2D eigenvalue weighted by Gasteiger charge is 2.13. The molecule has 0 unspecified atom stereocenters. The number of nitro groups is 1. The first kappa shape index (κ1) is 13.3. The van der Waals surface area contributed by atoms with Crippen LogP contribution in [-0.2, 0) is 13.0 Å². The molecule has 1 heterocycles. The van der Waals surface area contributed by atoms with Crippen LogP contribution < -0.4 is 5.73 Å². The molecule has 0 saturated carbocycles. The summed E-state index contributed by atoms with van der Waals surface area (Å²) in [6.45, 7) is 3.05. The lowest BCUT2D eigenvalue weighted by Crippen LogP contribution is -2.03. The van der Waals surface area contributed by atoms with E-state index in [1.54, 1.807) is 13.0 Å². The van der Waals surface area contributed by atoms with E-state index in [0.717, 1.165) is 17.5 Å². The molecule has 0 spiro atoms. The highest BCUT2D eigenvalue weighted by Crippen LogP contribution is 2.22. The van der Waals surface area contributed by atoms with Crippen LogP contribution in [-0.4, -0.2) is 16.0 Å². The maximum absolute atomic E-state index is 10.9. The number of hydrogen-bond donors (Lipinski definition) is 1. The number of aromatic nitrogens is 1. The molecule has 5 heteroatoms. The molecule has 2 rings (SSSR count). The number of nitrogens with zero attached hydrogens (tertiary/aromatic N) is 2. The van der Waals surface area contributed by atoms with Crippen molar-refractivity contribution in [1.82, 2.24) is 4.57 Å². The van der Waals surface area contributed by atoms with Crippen molar-refractivity contribution in [3.8, 4) is 0 Å². The molecule has 100 valence electrons. The first-order chi connectivity index (χ1) is 9.11. The van der Waals surface area contributed by atoms with Crippen LogP contribution in [0.4, 0.5) is 5.69 Å². The number of nitrogens with two attached hydrogens (primary N) is 1. The van der Waals surface area contributed by atoms with Gasteiger partial charge in [0.25, 0.3) is 5.69 Å². The molecule has 0 aliphatic carbocycles. The molecule has 0 bridgehead atoms. The van der Waals surface area contributed by atoms with Gasteiger partial charge in [0.05, 0.1) is 4.92 Å². The first-order valence-electron chi connectivity index (χ1n) is 6.19. The van der Waals surface area contributed by atoms with E-state index in [0.29, 0.717) is 13.1 Å². The van der Waals surface area contributed by atoms with Gasteiger partial charge in [-0.3, -0.25) is 10.1 Å². The van der Waals surface area contributed by atoms with Gasteiger partial charge in [-0.15, -0.1) is 0 Å². The van der Waals surface area contributed by atoms with Gasteiger partial charge in [-0.25, -0.2) is 0 Å². The number of benzene rings is 1. The first-order valence-corrected chi connectivity index (χ1v) is 6.19. The van der Waals surface area contributed by atoms with Crippen molar-refractivity contribution >= 4 is 5.69 Å². The lowest BCUT2D eigenvalue weighted by atomic mass is 10.1. The van der Waals surface area contributed by atoms with Gasteiger partial charge in [-0.2, -0.15) is 0 Å². The minimum atomic E-state index is -0.339. The van der Waals surface area contributed by atoms with E-state index in [2.05, 4.69) is 0 Å². The Kier molecular flexibility index (Phi) is 3.97. The third-order valence-corrected chi connectivity index (χ3v) is 3.21. The molecular formula is C14H17N3O2. The smallest absolute Gasteiger partial charge is 0.272 e. The lowest BCUT2D eigenvalue weighted by Gasteiger charge is -2.07. The van der Waals surface area contributed by atoms with Crippen LogP contribution in [0.2, 0.25) is 0 Å². The maximum Gasteiger partial charge on any atom is 0.272 e. The van der Waals surface area contributed by atoms with Crippen molar-refractivity contribution in [2.75, 3.05) is 6.54 Å². The summed E-state index contributed by atoms with van der Waals surface area (Å²) in [7, 11) is 0. The zero-order chi connectivity index (χ0) is 13.8. The SMILES string of the molecule is Cc1c(Cn2ccc(CCN)c2)cccc1[N+](=O)[O-]. The Balaban J connectivity index is 2.23. The summed E-state index contributed by atoms with van der Waals surface area (Å²) < 4.78 is 2.02. The highest BCUT2D eigenvalue weighted by molar-refractivity contribution is 5.44. The molecule has 0 amide bonds. The Morgan fingerprint density at radius 3 is 2.84 bits per heavy atom. The predicted molar refractivity (Wildman–Crippen MR) is 74.1 cm³/mol. The molecule has 19 heavy (non-hydrogen) atoms. The van der Waals surface area contributed by atoms with Gasteiger partial charge < -0.3 is 10.3 Å². The minimum absolute atomic E-state index is 0.173. The van der Waals surface area contributed by atoms with Crippen molar-refractivity contribution in [2.24, 2.45) is 5.73 Å². The van der Waals surface area contributed by atoms with Crippen LogP contribution in [0.25, 0.3) is 0 Å². The topological polar surface area (TPSA) is 74.1 Å². The third kappa shape index (κ3) is 3.00. The van der Waals surface area contributed by atoms with Gasteiger partial charge in [0, 0.05) is 30.6 Å². The Morgan fingerprint density at radius 1 is 1.37 bits per heavy atom. The van der Waals surface area contributed by atoms with E-state index >= 15 is 0 Å². The van der Waals surface area contributed by atoms with E-state index in [1.807, 2.05) is 29.1 Å². The summed E-state index contributed by atoms with van der Waals surface area (Å²) in [5.74, 6) is 0. The predicted octanol–water partition coefficient (Wildman–Crippen LogP) is 2.25. The fourth-order valence-corrected chi connectivity index (χ4v) is 2.14. The maximum atomic E-state index is 10.9. The number of nitro benzene ring substituents is 1. The Hall–Kier alpha value is -2.14. The summed E-state index contributed by atoms with van der Waals surface area (Å²) in [6.07, 6.45) is 4.86. The summed E-state index contributed by atoms with van der Waals surface area (Å²) in [5, 5.41) is 10.9. The molecule has 1 aromatic heterocycles. The van der Waals surface area contributed by atoms with Crippen LogP contribution in [0.5, 0.6) is 0 Å². The summed E-state index contributed by atoms with van der Waals surface area (Å²) in [5.41, 5.74) is 8.56. The molecule has 1 aromatic carbocycles. The van der Waals surface area contributed by atoms with Crippen molar-refractivity contribution in [3.63, 3.8) is 0 Å². The molecule has 0 radical (unpaired) electrons. The Morgan fingerprint density at radius 2 is 2.16 bits per heavy atom. The zero-order valence-corrected chi connectivity index (χ0v) is 10.9. The lowest BCUT2D eigenvalue weighted by molar-refractivity contribution is -0.385. The average Bonchev–Trinajstić information content (AvgIpc) is 2.79. The molecule has 0 atom stereocenters. The summed E-state index contributed by atoms with van der Waals surface area (Å²) >= 11 is 0. The van der Waals surface area contributed by atoms with Gasteiger partial charge in [-0.05, 0) is 37.1 Å². The molecule has 2 aromatic rings. The normalized spacial score (nSPS) is 10.6. The van der Waals surface area contributed by atoms with E-state index in [4.69, 9.17) is 5.73 Å². The monoisotopic (exact) mass is 259 g/mol. The van der Waals surface area contributed by atoms with E-state index < -0.39 is 0 Å². The van der Waals surface area contributed by atoms with Gasteiger partial charge in [0.1, 0.15) is 0 Å². The molecule has 5 nitrogen and oxygen atoms in total. The fraction of sp³-hybridized carbons (Fsp3) is 0.286. The molecule has 0 aliphatic rings. The second-order valence-electron chi connectivity index (χ2n) is 4.55. The van der Waals surface area contributed by atoms with E-state index in [1.165, 1.54) is 11.6 Å². The summed E-state index contributed by atoms with van der Waals surface area (Å²) in [4.78, 5) is 10.6. The second kappa shape index (κ2) is 5.67. The average molecular weight is 259 g/mol. The van der Waals surface area contributed by atoms with Crippen LogP contribution in [0.3, 0.4) is 0 Å². The van der Waals surface area contributed by atoms with Gasteiger partial charge in [-0.1, -0.05) is 12.1 Å². The highest BCUT2D eigenvalue weighted by atomic mass is 16.6. The van der Waals surface area contributed by atoms with Crippen molar-refractivity contribution in [3.05, 3.63) is 63.5 Å². The fourth-order valence-electron chi connectivity index (χ4n) is 2.14. The number of rotatable bonds is 5. The van der Waals surface area contributed by atoms with Crippen molar-refractivity contribution in [2.45, 2.75) is 19.9 Å². The third-order valence-electron chi connectivity index (χ3n) is 3.21. The van der Waals surface area contributed by atoms with Gasteiger partial charge >= 0.3 is 0 Å². The van der Waals surface area contributed by atoms with Crippen LogP contribution in [0, 0.1) is 17.0 Å². The Labute approximate surface area is 111 Å². The zero-order valence-electron chi connectivity index (χ0n) is 10.9. The van der Waals surface area contributed by atoms with Gasteiger partial charge in [0.2, 0.25) is 0 Å². The molecule has 0 saturated heterocycles. The molecule has 2 N–H and O–H groups in total. The second-order valence-corrected chi connectivity index (χ2v) is 4.55. The van der Waals surface area contributed by atoms with Crippen molar-refractivity contribution < 1.29 is 4.92 Å². The quantitative estimate of drug-likeness (QED) is 0.661. The number of hydrogen-bond acceptors (Lipinski definition) is 3. The largest absolute Gasteiger partial charge is 0.350 e. The molecular weight excluding hydrogens is 242 g/mol. The molecule has 0 fully saturated rings. The van der Waals surface area contributed by atoms with E-state index in [-0.39, 0.29) is 10.6 Å². The molecule has 0 aliphatic heterocycles. The Bertz CT molecular complexity index is 590.